The average molecular weight is 575 g/mol. The number of hydrogen-bond acceptors (Lipinski definition) is 6. The van der Waals surface area contributed by atoms with Crippen molar-refractivity contribution in [1.82, 2.24) is 19.4 Å². The molecule has 0 fully saturated rings. The zero-order chi connectivity index (χ0) is 30.1. The quantitative estimate of drug-likeness (QED) is 0.127. The Kier molecular flexibility index (Phi) is 11.2. The number of hydrogen-bond donors (Lipinski definition) is 1. The Balaban J connectivity index is 1.50. The first-order valence-corrected chi connectivity index (χ1v) is 15.3. The first-order chi connectivity index (χ1) is 20.3. The maximum Gasteiger partial charge on any atom is 0.308 e. The Morgan fingerprint density at radius 2 is 1.55 bits per heavy atom. The SMILES string of the molecule is CCCN(CC)CCc1cn(CCN(CCC)CCc2c[nH]c3cc(OC(C)=O)ccc23)c2cccc(OC(C)=O)c12. The van der Waals surface area contributed by atoms with E-state index in [0.29, 0.717) is 11.5 Å². The maximum atomic E-state index is 11.9. The summed E-state index contributed by atoms with van der Waals surface area (Å²) in [6.45, 7) is 16.4. The highest BCUT2D eigenvalue weighted by molar-refractivity contribution is 5.92. The number of ether oxygens (including phenoxy) is 2. The van der Waals surface area contributed by atoms with Gasteiger partial charge in [0, 0.05) is 74.8 Å². The molecular weight excluding hydrogens is 528 g/mol. The van der Waals surface area contributed by atoms with E-state index in [-0.39, 0.29) is 11.9 Å². The van der Waals surface area contributed by atoms with E-state index in [1.54, 1.807) is 0 Å². The standard InChI is InChI=1S/C34H46N4O4/c1-6-16-36(8-3)18-15-28-24-38(32-10-9-11-33(34(28)32)42-26(5)40)21-20-37(17-7-2)19-14-27-23-35-31-22-29(41-25(4)39)12-13-30(27)31/h9-13,22-24,35H,6-8,14-21H2,1-5H3. The first kappa shape index (κ1) is 31.3. The van der Waals surface area contributed by atoms with Crippen LogP contribution in [-0.2, 0) is 29.0 Å². The van der Waals surface area contributed by atoms with E-state index in [0.717, 1.165) is 93.3 Å². The third kappa shape index (κ3) is 8.01. The zero-order valence-electron chi connectivity index (χ0n) is 25.9. The number of rotatable bonds is 16. The third-order valence-electron chi connectivity index (χ3n) is 7.78. The largest absolute Gasteiger partial charge is 0.427 e. The topological polar surface area (TPSA) is 79.8 Å². The van der Waals surface area contributed by atoms with Crippen LogP contribution in [0.2, 0.25) is 0 Å². The summed E-state index contributed by atoms with van der Waals surface area (Å²) < 4.78 is 13.2. The Labute approximate surface area is 249 Å². The summed E-state index contributed by atoms with van der Waals surface area (Å²) in [6, 6.07) is 11.8. The highest BCUT2D eigenvalue weighted by Gasteiger charge is 2.17. The molecule has 4 rings (SSSR count). The molecule has 4 aromatic rings. The van der Waals surface area contributed by atoms with E-state index in [1.807, 2.05) is 30.3 Å². The Bertz CT molecular complexity index is 1490. The fraction of sp³-hybridized carbons (Fsp3) is 0.471. The van der Waals surface area contributed by atoms with Gasteiger partial charge in [-0.25, -0.2) is 0 Å². The van der Waals surface area contributed by atoms with Crippen molar-refractivity contribution in [3.8, 4) is 11.5 Å². The lowest BCUT2D eigenvalue weighted by Gasteiger charge is -2.22. The Morgan fingerprint density at radius 1 is 0.833 bits per heavy atom. The van der Waals surface area contributed by atoms with E-state index in [1.165, 1.54) is 25.0 Å². The molecule has 0 spiro atoms. The molecule has 0 saturated carbocycles. The van der Waals surface area contributed by atoms with E-state index in [9.17, 15) is 9.59 Å². The number of carbonyl (C=O) groups is 2. The predicted molar refractivity (Wildman–Crippen MR) is 169 cm³/mol. The molecule has 0 radical (unpaired) electrons. The van der Waals surface area contributed by atoms with Crippen molar-refractivity contribution in [1.29, 1.82) is 0 Å². The van der Waals surface area contributed by atoms with Crippen LogP contribution in [0, 0.1) is 0 Å². The van der Waals surface area contributed by atoms with Gasteiger partial charge in [0.2, 0.25) is 0 Å². The van der Waals surface area contributed by atoms with Gasteiger partial charge in [0.1, 0.15) is 11.5 Å². The van der Waals surface area contributed by atoms with Crippen molar-refractivity contribution in [2.45, 2.75) is 66.8 Å². The number of likely N-dealkylation sites (N-methyl/N-ethyl adjacent to an activating group) is 1. The molecule has 8 heteroatoms. The van der Waals surface area contributed by atoms with E-state index < -0.39 is 0 Å². The zero-order valence-corrected chi connectivity index (χ0v) is 25.9. The minimum absolute atomic E-state index is 0.295. The molecule has 0 unspecified atom stereocenters. The maximum absolute atomic E-state index is 11.9. The number of esters is 2. The van der Waals surface area contributed by atoms with Gasteiger partial charge in [-0.1, -0.05) is 26.8 Å². The molecule has 0 amide bonds. The second kappa shape index (κ2) is 15.0. The summed E-state index contributed by atoms with van der Waals surface area (Å²) >= 11 is 0. The molecule has 2 heterocycles. The monoisotopic (exact) mass is 574 g/mol. The van der Waals surface area contributed by atoms with Gasteiger partial charge >= 0.3 is 11.9 Å². The van der Waals surface area contributed by atoms with Crippen LogP contribution in [0.3, 0.4) is 0 Å². The van der Waals surface area contributed by atoms with Crippen molar-refractivity contribution in [3.63, 3.8) is 0 Å². The molecule has 0 aliphatic carbocycles. The van der Waals surface area contributed by atoms with Crippen molar-refractivity contribution in [3.05, 3.63) is 59.9 Å². The molecule has 8 nitrogen and oxygen atoms in total. The van der Waals surface area contributed by atoms with Gasteiger partial charge in [0.15, 0.2) is 0 Å². The molecule has 2 aromatic carbocycles. The van der Waals surface area contributed by atoms with Crippen LogP contribution < -0.4 is 9.47 Å². The van der Waals surface area contributed by atoms with E-state index in [2.05, 4.69) is 58.6 Å². The number of nitrogens with zero attached hydrogens (tertiary/aromatic N) is 3. The second-order valence-corrected chi connectivity index (χ2v) is 11.0. The summed E-state index contributed by atoms with van der Waals surface area (Å²) in [5.41, 5.74) is 4.57. The number of H-pyrrole nitrogens is 1. The van der Waals surface area contributed by atoms with Gasteiger partial charge in [-0.3, -0.25) is 9.59 Å². The number of fused-ring (bicyclic) bond motifs is 2. The van der Waals surface area contributed by atoms with Crippen LogP contribution in [0.1, 0.15) is 58.6 Å². The first-order valence-electron chi connectivity index (χ1n) is 15.3. The second-order valence-electron chi connectivity index (χ2n) is 11.0. The highest BCUT2D eigenvalue weighted by atomic mass is 16.5. The van der Waals surface area contributed by atoms with Gasteiger partial charge in [-0.15, -0.1) is 0 Å². The van der Waals surface area contributed by atoms with E-state index in [4.69, 9.17) is 9.47 Å². The van der Waals surface area contributed by atoms with Gasteiger partial charge < -0.3 is 28.8 Å². The van der Waals surface area contributed by atoms with Crippen molar-refractivity contribution >= 4 is 33.7 Å². The van der Waals surface area contributed by atoms with Crippen LogP contribution in [0.15, 0.2) is 48.8 Å². The van der Waals surface area contributed by atoms with Crippen LogP contribution in [-0.4, -0.2) is 70.6 Å². The van der Waals surface area contributed by atoms with Crippen molar-refractivity contribution in [2.24, 2.45) is 0 Å². The Hall–Kier alpha value is -3.62. The molecule has 0 aliphatic rings. The molecule has 1 N–H and O–H groups in total. The van der Waals surface area contributed by atoms with Gasteiger partial charge in [-0.2, -0.15) is 0 Å². The number of carbonyl (C=O) groups excluding carboxylic acids is 2. The molecule has 0 saturated heterocycles. The molecule has 226 valence electrons. The lowest BCUT2D eigenvalue weighted by atomic mass is 10.1. The fourth-order valence-electron chi connectivity index (χ4n) is 5.82. The smallest absolute Gasteiger partial charge is 0.308 e. The number of nitrogens with one attached hydrogen (secondary N) is 1. The van der Waals surface area contributed by atoms with E-state index >= 15 is 0 Å². The minimum Gasteiger partial charge on any atom is -0.427 e. The summed E-state index contributed by atoms with van der Waals surface area (Å²) in [4.78, 5) is 31.6. The summed E-state index contributed by atoms with van der Waals surface area (Å²) in [5.74, 6) is 0.588. The molecular formula is C34H46N4O4. The van der Waals surface area contributed by atoms with Crippen LogP contribution >= 0.6 is 0 Å². The molecule has 2 aromatic heterocycles. The number of aromatic amines is 1. The molecule has 42 heavy (non-hydrogen) atoms. The van der Waals surface area contributed by atoms with Crippen molar-refractivity contribution < 1.29 is 19.1 Å². The summed E-state index contributed by atoms with van der Waals surface area (Å²) in [5, 5.41) is 2.21. The normalized spacial score (nSPS) is 11.7. The average Bonchev–Trinajstić information content (AvgIpc) is 3.53. The number of aromatic nitrogens is 2. The van der Waals surface area contributed by atoms with Crippen molar-refractivity contribution in [2.75, 3.05) is 39.3 Å². The van der Waals surface area contributed by atoms with Crippen LogP contribution in [0.4, 0.5) is 0 Å². The lowest BCUT2D eigenvalue weighted by molar-refractivity contribution is -0.132. The Morgan fingerprint density at radius 3 is 2.26 bits per heavy atom. The van der Waals surface area contributed by atoms with Gasteiger partial charge in [0.25, 0.3) is 0 Å². The van der Waals surface area contributed by atoms with Gasteiger partial charge in [-0.05, 0) is 80.7 Å². The van der Waals surface area contributed by atoms with Crippen LogP contribution in [0.25, 0.3) is 21.8 Å². The molecule has 0 aliphatic heterocycles. The van der Waals surface area contributed by atoms with Gasteiger partial charge in [0.05, 0.1) is 5.52 Å². The lowest BCUT2D eigenvalue weighted by Crippen LogP contribution is -2.30. The fourth-order valence-corrected chi connectivity index (χ4v) is 5.82. The summed E-state index contributed by atoms with van der Waals surface area (Å²) in [7, 11) is 0. The summed E-state index contributed by atoms with van der Waals surface area (Å²) in [6.07, 6.45) is 8.38. The molecule has 0 bridgehead atoms. The number of benzene rings is 2. The minimum atomic E-state index is -0.319. The predicted octanol–water partition coefficient (Wildman–Crippen LogP) is 6.20. The highest BCUT2D eigenvalue weighted by Crippen LogP contribution is 2.32. The third-order valence-corrected chi connectivity index (χ3v) is 7.78. The molecule has 0 atom stereocenters. The van der Waals surface area contributed by atoms with Crippen LogP contribution in [0.5, 0.6) is 11.5 Å².